The Bertz CT molecular complexity index is 638. The second kappa shape index (κ2) is 7.32. The highest BCUT2D eigenvalue weighted by atomic mass is 35.5. The summed E-state index contributed by atoms with van der Waals surface area (Å²) in [5.41, 5.74) is 2.47. The molecule has 2 rings (SSSR count). The minimum atomic E-state index is -0.161. The maximum atomic E-state index is 12.2. The quantitative estimate of drug-likeness (QED) is 0.857. The molecule has 2 aromatic rings. The van der Waals surface area contributed by atoms with Crippen molar-refractivity contribution in [3.8, 4) is 0 Å². The minimum absolute atomic E-state index is 0.161. The summed E-state index contributed by atoms with van der Waals surface area (Å²) in [6.07, 6.45) is 0. The van der Waals surface area contributed by atoms with Gasteiger partial charge in [0.1, 0.15) is 0 Å². The predicted molar refractivity (Wildman–Crippen MR) is 94.0 cm³/mol. The number of rotatable bonds is 5. The normalized spacial score (nSPS) is 10.6. The number of nitrogens with one attached hydrogen (secondary N) is 1. The molecular weight excluding hydrogens is 296 g/mol. The minimum Gasteiger partial charge on any atom is -0.369 e. The molecule has 0 aliphatic carbocycles. The Morgan fingerprint density at radius 2 is 1.86 bits per heavy atom. The van der Waals surface area contributed by atoms with Crippen LogP contribution in [-0.4, -0.2) is 18.5 Å². The molecule has 1 N–H and O–H groups in total. The van der Waals surface area contributed by atoms with Gasteiger partial charge in [0.05, 0.1) is 0 Å². The van der Waals surface area contributed by atoms with E-state index in [1.165, 1.54) is 0 Å². The van der Waals surface area contributed by atoms with E-state index in [1.54, 1.807) is 24.3 Å². The van der Waals surface area contributed by atoms with Gasteiger partial charge >= 0.3 is 0 Å². The van der Waals surface area contributed by atoms with Crippen LogP contribution in [0, 0.1) is 0 Å². The SMILES string of the molecule is CCN(c1ccc(NC(=O)c2cccc(Cl)c2)cc1)C(C)C. The van der Waals surface area contributed by atoms with Gasteiger partial charge in [-0.3, -0.25) is 4.79 Å². The third-order valence-corrected chi connectivity index (χ3v) is 3.74. The lowest BCUT2D eigenvalue weighted by molar-refractivity contribution is 0.102. The van der Waals surface area contributed by atoms with Crippen molar-refractivity contribution in [2.24, 2.45) is 0 Å². The largest absolute Gasteiger partial charge is 0.369 e. The molecule has 0 aromatic heterocycles. The molecule has 2 aromatic carbocycles. The van der Waals surface area contributed by atoms with Crippen molar-refractivity contribution in [3.63, 3.8) is 0 Å². The highest BCUT2D eigenvalue weighted by Crippen LogP contribution is 2.20. The number of benzene rings is 2. The van der Waals surface area contributed by atoms with Gasteiger partial charge in [-0.1, -0.05) is 17.7 Å². The zero-order chi connectivity index (χ0) is 16.1. The van der Waals surface area contributed by atoms with E-state index in [1.807, 2.05) is 24.3 Å². The molecule has 0 aliphatic rings. The number of carbonyl (C=O) groups excluding carboxylic acids is 1. The number of hydrogen-bond acceptors (Lipinski definition) is 2. The van der Waals surface area contributed by atoms with Crippen molar-refractivity contribution in [2.75, 3.05) is 16.8 Å². The first-order chi connectivity index (χ1) is 10.5. The Morgan fingerprint density at radius 3 is 2.41 bits per heavy atom. The van der Waals surface area contributed by atoms with E-state index >= 15 is 0 Å². The highest BCUT2D eigenvalue weighted by molar-refractivity contribution is 6.31. The van der Waals surface area contributed by atoms with Crippen LogP contribution in [0.5, 0.6) is 0 Å². The van der Waals surface area contributed by atoms with Crippen LogP contribution < -0.4 is 10.2 Å². The van der Waals surface area contributed by atoms with E-state index in [4.69, 9.17) is 11.6 Å². The van der Waals surface area contributed by atoms with Crippen molar-refractivity contribution in [1.29, 1.82) is 0 Å². The van der Waals surface area contributed by atoms with Crippen LogP contribution in [0.4, 0.5) is 11.4 Å². The molecule has 4 heteroatoms. The standard InChI is InChI=1S/C18H21ClN2O/c1-4-21(13(2)3)17-10-8-16(9-11-17)20-18(22)14-6-5-7-15(19)12-14/h5-13H,4H2,1-3H3,(H,20,22). The lowest BCUT2D eigenvalue weighted by Crippen LogP contribution is -2.30. The lowest BCUT2D eigenvalue weighted by atomic mass is 10.2. The summed E-state index contributed by atoms with van der Waals surface area (Å²) < 4.78 is 0. The molecular formula is C18H21ClN2O. The summed E-state index contributed by atoms with van der Waals surface area (Å²) in [5, 5.41) is 3.44. The Kier molecular flexibility index (Phi) is 5.45. The average molecular weight is 317 g/mol. The zero-order valence-electron chi connectivity index (χ0n) is 13.1. The second-order valence-electron chi connectivity index (χ2n) is 5.39. The topological polar surface area (TPSA) is 32.3 Å². The van der Waals surface area contributed by atoms with Crippen molar-refractivity contribution in [3.05, 3.63) is 59.1 Å². The number of nitrogens with zero attached hydrogens (tertiary/aromatic N) is 1. The van der Waals surface area contributed by atoms with E-state index in [0.717, 1.165) is 17.9 Å². The van der Waals surface area contributed by atoms with Crippen molar-refractivity contribution >= 4 is 28.9 Å². The Hall–Kier alpha value is -2.00. The number of amides is 1. The first kappa shape index (κ1) is 16.4. The lowest BCUT2D eigenvalue weighted by Gasteiger charge is -2.27. The van der Waals surface area contributed by atoms with Gasteiger partial charge in [-0.15, -0.1) is 0 Å². The van der Waals surface area contributed by atoms with E-state index < -0.39 is 0 Å². The fourth-order valence-electron chi connectivity index (χ4n) is 2.42. The predicted octanol–water partition coefficient (Wildman–Crippen LogP) is 4.83. The third kappa shape index (κ3) is 4.01. The molecule has 0 unspecified atom stereocenters. The zero-order valence-corrected chi connectivity index (χ0v) is 13.9. The molecule has 0 spiro atoms. The molecule has 0 fully saturated rings. The molecule has 0 heterocycles. The summed E-state index contributed by atoms with van der Waals surface area (Å²) in [4.78, 5) is 14.5. The van der Waals surface area contributed by atoms with Crippen LogP contribution in [0.1, 0.15) is 31.1 Å². The maximum Gasteiger partial charge on any atom is 0.255 e. The van der Waals surface area contributed by atoms with Crippen molar-refractivity contribution < 1.29 is 4.79 Å². The number of anilines is 2. The number of carbonyl (C=O) groups is 1. The molecule has 116 valence electrons. The molecule has 3 nitrogen and oxygen atoms in total. The molecule has 0 atom stereocenters. The molecule has 1 amide bonds. The fraction of sp³-hybridized carbons (Fsp3) is 0.278. The van der Waals surface area contributed by atoms with E-state index in [-0.39, 0.29) is 5.91 Å². The van der Waals surface area contributed by atoms with E-state index in [2.05, 4.69) is 31.0 Å². The summed E-state index contributed by atoms with van der Waals surface area (Å²) in [5.74, 6) is -0.161. The maximum absolute atomic E-state index is 12.2. The Morgan fingerprint density at radius 1 is 1.18 bits per heavy atom. The van der Waals surface area contributed by atoms with Gasteiger partial charge in [-0.05, 0) is 63.2 Å². The second-order valence-corrected chi connectivity index (χ2v) is 5.83. The smallest absolute Gasteiger partial charge is 0.255 e. The molecule has 0 radical (unpaired) electrons. The molecule has 0 bridgehead atoms. The Labute approximate surface area is 136 Å². The van der Waals surface area contributed by atoms with Gasteiger partial charge in [0.2, 0.25) is 0 Å². The fourth-order valence-corrected chi connectivity index (χ4v) is 2.61. The van der Waals surface area contributed by atoms with Gasteiger partial charge in [-0.25, -0.2) is 0 Å². The van der Waals surface area contributed by atoms with Crippen LogP contribution >= 0.6 is 11.6 Å². The summed E-state index contributed by atoms with van der Waals surface area (Å²) >= 11 is 5.91. The van der Waals surface area contributed by atoms with Crippen LogP contribution in [0.3, 0.4) is 0 Å². The highest BCUT2D eigenvalue weighted by Gasteiger charge is 2.09. The van der Waals surface area contributed by atoms with Crippen molar-refractivity contribution in [2.45, 2.75) is 26.8 Å². The first-order valence-corrected chi connectivity index (χ1v) is 7.82. The van der Waals surface area contributed by atoms with Crippen LogP contribution in [-0.2, 0) is 0 Å². The molecule has 0 saturated carbocycles. The summed E-state index contributed by atoms with van der Waals surface area (Å²) in [6, 6.07) is 15.2. The van der Waals surface area contributed by atoms with E-state index in [0.29, 0.717) is 16.6 Å². The summed E-state index contributed by atoms with van der Waals surface area (Å²) in [6.45, 7) is 7.41. The third-order valence-electron chi connectivity index (χ3n) is 3.51. The van der Waals surface area contributed by atoms with Gasteiger partial charge < -0.3 is 10.2 Å². The van der Waals surface area contributed by atoms with Gasteiger partial charge in [-0.2, -0.15) is 0 Å². The van der Waals surface area contributed by atoms with Crippen molar-refractivity contribution in [1.82, 2.24) is 0 Å². The molecule has 22 heavy (non-hydrogen) atoms. The average Bonchev–Trinajstić information content (AvgIpc) is 2.49. The monoisotopic (exact) mass is 316 g/mol. The van der Waals surface area contributed by atoms with Gasteiger partial charge in [0.15, 0.2) is 0 Å². The molecule has 0 aliphatic heterocycles. The van der Waals surface area contributed by atoms with Crippen LogP contribution in [0.2, 0.25) is 5.02 Å². The van der Waals surface area contributed by atoms with Crippen LogP contribution in [0.15, 0.2) is 48.5 Å². The Balaban J connectivity index is 2.09. The van der Waals surface area contributed by atoms with Crippen LogP contribution in [0.25, 0.3) is 0 Å². The number of hydrogen-bond donors (Lipinski definition) is 1. The van der Waals surface area contributed by atoms with E-state index in [9.17, 15) is 4.79 Å². The van der Waals surface area contributed by atoms with Gasteiger partial charge in [0.25, 0.3) is 5.91 Å². The van der Waals surface area contributed by atoms with Gasteiger partial charge in [0, 0.05) is 34.5 Å². The summed E-state index contributed by atoms with van der Waals surface area (Å²) in [7, 11) is 0. The molecule has 0 saturated heterocycles. The first-order valence-electron chi connectivity index (χ1n) is 7.45. The number of halogens is 1.